The van der Waals surface area contributed by atoms with E-state index in [9.17, 15) is 0 Å². The van der Waals surface area contributed by atoms with Crippen LogP contribution in [0.4, 0.5) is 0 Å². The van der Waals surface area contributed by atoms with Crippen LogP contribution < -0.4 is 5.73 Å². The molecule has 1 aliphatic carbocycles. The second-order valence-corrected chi connectivity index (χ2v) is 5.85. The highest BCUT2D eigenvalue weighted by Gasteiger charge is 2.27. The molecule has 2 aliphatic rings. The molecule has 1 saturated heterocycles. The van der Waals surface area contributed by atoms with Crippen molar-refractivity contribution < 1.29 is 4.74 Å². The lowest BCUT2D eigenvalue weighted by Crippen LogP contribution is -2.46. The summed E-state index contributed by atoms with van der Waals surface area (Å²) in [6.45, 7) is 7.87. The number of hydrogen-bond donors (Lipinski definition) is 1. The van der Waals surface area contributed by atoms with Crippen LogP contribution in [0.1, 0.15) is 38.5 Å². The molecule has 19 heavy (non-hydrogen) atoms. The number of likely N-dealkylation sites (tertiary alicyclic amines) is 1. The highest BCUT2D eigenvalue weighted by Crippen LogP contribution is 2.25. The van der Waals surface area contributed by atoms with Crippen LogP contribution >= 0.6 is 12.4 Å². The van der Waals surface area contributed by atoms with Crippen LogP contribution in [-0.2, 0) is 4.74 Å². The zero-order chi connectivity index (χ0) is 12.8. The summed E-state index contributed by atoms with van der Waals surface area (Å²) in [5.41, 5.74) is 6.24. The fourth-order valence-corrected chi connectivity index (χ4v) is 3.31. The first-order chi connectivity index (χ1) is 8.79. The van der Waals surface area contributed by atoms with Gasteiger partial charge in [0.05, 0.1) is 12.7 Å². The molecule has 2 rings (SSSR count). The Balaban J connectivity index is 0.00000180. The van der Waals surface area contributed by atoms with Crippen LogP contribution in [0.2, 0.25) is 0 Å². The Kier molecular flexibility index (Phi) is 8.00. The minimum absolute atomic E-state index is 0. The molecule has 1 heterocycles. The number of halogens is 1. The van der Waals surface area contributed by atoms with Crippen molar-refractivity contribution >= 4 is 12.4 Å². The quantitative estimate of drug-likeness (QED) is 0.790. The van der Waals surface area contributed by atoms with Crippen LogP contribution in [0.3, 0.4) is 0 Å². The van der Waals surface area contributed by atoms with E-state index < -0.39 is 0 Å². The summed E-state index contributed by atoms with van der Waals surface area (Å²) in [6.07, 6.45) is 9.91. The molecule has 0 spiro atoms. The number of hydrogen-bond acceptors (Lipinski definition) is 3. The zero-order valence-corrected chi connectivity index (χ0v) is 12.7. The van der Waals surface area contributed by atoms with Crippen LogP contribution in [0, 0.1) is 5.92 Å². The Labute approximate surface area is 124 Å². The summed E-state index contributed by atoms with van der Waals surface area (Å²) >= 11 is 0. The minimum atomic E-state index is 0. The van der Waals surface area contributed by atoms with E-state index in [1.807, 2.05) is 6.08 Å². The normalized spacial score (nSPS) is 32.6. The van der Waals surface area contributed by atoms with E-state index in [0.717, 1.165) is 6.54 Å². The third-order valence-electron chi connectivity index (χ3n) is 4.37. The van der Waals surface area contributed by atoms with Crippen LogP contribution in [-0.4, -0.2) is 43.3 Å². The standard InChI is InChI=1S/C15H28N2O.ClH/c1-2-10-18-14-7-5-9-17(12-14)11-13-6-3-4-8-15(13)16;/h2,13-15H,1,3-12,16H2;1H/t13-,14+,15+;/m0./s1. The Morgan fingerprint density at radius 2 is 2.00 bits per heavy atom. The topological polar surface area (TPSA) is 38.5 Å². The van der Waals surface area contributed by atoms with Gasteiger partial charge in [0, 0.05) is 19.1 Å². The van der Waals surface area contributed by atoms with Gasteiger partial charge in [-0.05, 0) is 38.1 Å². The SMILES string of the molecule is C=CCO[C@@H]1CCCN(C[C@@H]2CCCC[C@H]2N)C1.Cl. The van der Waals surface area contributed by atoms with E-state index in [0.29, 0.717) is 24.7 Å². The average molecular weight is 289 g/mol. The Morgan fingerprint density at radius 1 is 1.21 bits per heavy atom. The Morgan fingerprint density at radius 3 is 2.74 bits per heavy atom. The van der Waals surface area contributed by atoms with Crippen LogP contribution in [0.25, 0.3) is 0 Å². The van der Waals surface area contributed by atoms with Gasteiger partial charge in [0.25, 0.3) is 0 Å². The third kappa shape index (κ3) is 5.42. The molecule has 0 aromatic heterocycles. The monoisotopic (exact) mass is 288 g/mol. The fraction of sp³-hybridized carbons (Fsp3) is 0.867. The van der Waals surface area contributed by atoms with E-state index >= 15 is 0 Å². The van der Waals surface area contributed by atoms with Gasteiger partial charge in [-0.15, -0.1) is 19.0 Å². The van der Waals surface area contributed by atoms with Gasteiger partial charge >= 0.3 is 0 Å². The molecule has 0 unspecified atom stereocenters. The van der Waals surface area contributed by atoms with Crippen molar-refractivity contribution in [2.75, 3.05) is 26.2 Å². The van der Waals surface area contributed by atoms with Crippen molar-refractivity contribution in [1.29, 1.82) is 0 Å². The highest BCUT2D eigenvalue weighted by atomic mass is 35.5. The van der Waals surface area contributed by atoms with Gasteiger partial charge in [0.1, 0.15) is 0 Å². The molecule has 2 N–H and O–H groups in total. The molecule has 0 amide bonds. The first kappa shape index (κ1) is 17.0. The Hall–Kier alpha value is -0.0900. The van der Waals surface area contributed by atoms with Crippen molar-refractivity contribution in [1.82, 2.24) is 4.90 Å². The van der Waals surface area contributed by atoms with Crippen molar-refractivity contribution in [2.45, 2.75) is 50.7 Å². The molecule has 1 saturated carbocycles. The molecule has 0 aromatic rings. The minimum Gasteiger partial charge on any atom is -0.373 e. The maximum absolute atomic E-state index is 6.24. The van der Waals surface area contributed by atoms with Crippen LogP contribution in [0.15, 0.2) is 12.7 Å². The number of rotatable bonds is 5. The fourth-order valence-electron chi connectivity index (χ4n) is 3.31. The predicted molar refractivity (Wildman–Crippen MR) is 82.8 cm³/mol. The summed E-state index contributed by atoms with van der Waals surface area (Å²) in [5, 5.41) is 0. The van der Waals surface area contributed by atoms with Crippen molar-refractivity contribution in [3.63, 3.8) is 0 Å². The van der Waals surface area contributed by atoms with Crippen LogP contribution in [0.5, 0.6) is 0 Å². The first-order valence-electron chi connectivity index (χ1n) is 7.50. The van der Waals surface area contributed by atoms with Gasteiger partial charge in [-0.3, -0.25) is 0 Å². The van der Waals surface area contributed by atoms with Gasteiger partial charge in [-0.2, -0.15) is 0 Å². The Bertz CT molecular complexity index is 263. The van der Waals surface area contributed by atoms with E-state index in [-0.39, 0.29) is 12.4 Å². The lowest BCUT2D eigenvalue weighted by Gasteiger charge is -2.37. The maximum atomic E-state index is 6.24. The molecule has 0 aromatic carbocycles. The molecule has 112 valence electrons. The molecule has 1 aliphatic heterocycles. The summed E-state index contributed by atoms with van der Waals surface area (Å²) in [6, 6.07) is 0.424. The van der Waals surface area contributed by atoms with Crippen molar-refractivity contribution in [3.8, 4) is 0 Å². The summed E-state index contributed by atoms with van der Waals surface area (Å²) in [5.74, 6) is 0.705. The lowest BCUT2D eigenvalue weighted by atomic mass is 9.84. The second-order valence-electron chi connectivity index (χ2n) is 5.85. The van der Waals surface area contributed by atoms with Gasteiger partial charge in [-0.25, -0.2) is 0 Å². The highest BCUT2D eigenvalue weighted by molar-refractivity contribution is 5.85. The molecule has 4 heteroatoms. The van der Waals surface area contributed by atoms with Crippen molar-refractivity contribution in [2.24, 2.45) is 11.7 Å². The molecular formula is C15H29ClN2O. The zero-order valence-electron chi connectivity index (χ0n) is 11.9. The van der Waals surface area contributed by atoms with Crippen molar-refractivity contribution in [3.05, 3.63) is 12.7 Å². The van der Waals surface area contributed by atoms with Gasteiger partial charge in [0.2, 0.25) is 0 Å². The summed E-state index contributed by atoms with van der Waals surface area (Å²) in [7, 11) is 0. The number of nitrogens with zero attached hydrogens (tertiary/aromatic N) is 1. The van der Waals surface area contributed by atoms with Gasteiger partial charge < -0.3 is 15.4 Å². The summed E-state index contributed by atoms with van der Waals surface area (Å²) < 4.78 is 5.79. The third-order valence-corrected chi connectivity index (χ3v) is 4.37. The van der Waals surface area contributed by atoms with E-state index in [1.54, 1.807) is 0 Å². The molecule has 3 atom stereocenters. The van der Waals surface area contributed by atoms with E-state index in [1.165, 1.54) is 51.6 Å². The molecule has 0 radical (unpaired) electrons. The lowest BCUT2D eigenvalue weighted by molar-refractivity contribution is 0.00609. The van der Waals surface area contributed by atoms with E-state index in [2.05, 4.69) is 11.5 Å². The number of ether oxygens (including phenoxy) is 1. The first-order valence-corrected chi connectivity index (χ1v) is 7.50. The molecule has 3 nitrogen and oxygen atoms in total. The predicted octanol–water partition coefficient (Wildman–Crippen LogP) is 2.59. The van der Waals surface area contributed by atoms with Gasteiger partial charge in [-0.1, -0.05) is 18.9 Å². The molecular weight excluding hydrogens is 260 g/mol. The molecule has 2 fully saturated rings. The number of piperidine rings is 1. The maximum Gasteiger partial charge on any atom is 0.0706 e. The smallest absolute Gasteiger partial charge is 0.0706 e. The average Bonchev–Trinajstić information content (AvgIpc) is 2.40. The van der Waals surface area contributed by atoms with E-state index in [4.69, 9.17) is 10.5 Å². The molecule has 0 bridgehead atoms. The number of nitrogens with two attached hydrogens (primary N) is 1. The second kappa shape index (κ2) is 8.96. The largest absolute Gasteiger partial charge is 0.373 e. The summed E-state index contributed by atoms with van der Waals surface area (Å²) in [4.78, 5) is 2.56. The van der Waals surface area contributed by atoms with Gasteiger partial charge in [0.15, 0.2) is 0 Å².